The Balaban J connectivity index is 2.22. The molecule has 1 aliphatic carbocycles. The number of nitriles is 1. The highest BCUT2D eigenvalue weighted by Crippen LogP contribution is 2.28. The number of anilines is 1. The van der Waals surface area contributed by atoms with Gasteiger partial charge in [0.2, 0.25) is 0 Å². The molecule has 2 nitrogen and oxygen atoms in total. The van der Waals surface area contributed by atoms with Crippen molar-refractivity contribution >= 4 is 21.6 Å². The summed E-state index contributed by atoms with van der Waals surface area (Å²) >= 11 is 3.45. The molecule has 1 aromatic carbocycles. The van der Waals surface area contributed by atoms with Gasteiger partial charge >= 0.3 is 0 Å². The maximum Gasteiger partial charge on any atom is 0.101 e. The normalized spacial score (nSPS) is 16.7. The van der Waals surface area contributed by atoms with Crippen LogP contribution in [0.1, 0.15) is 49.7 Å². The first-order valence-corrected chi connectivity index (χ1v) is 8.20. The first-order valence-electron chi connectivity index (χ1n) is 7.08. The van der Waals surface area contributed by atoms with E-state index in [1.807, 2.05) is 6.07 Å². The zero-order valence-corrected chi connectivity index (χ0v) is 13.1. The monoisotopic (exact) mass is 320 g/mol. The Labute approximate surface area is 124 Å². The topological polar surface area (TPSA) is 27.0 Å². The van der Waals surface area contributed by atoms with Crippen LogP contribution in [0.15, 0.2) is 18.2 Å². The van der Waals surface area contributed by atoms with Crippen LogP contribution in [0.5, 0.6) is 0 Å². The second kappa shape index (κ2) is 6.96. The Morgan fingerprint density at radius 2 is 1.95 bits per heavy atom. The summed E-state index contributed by atoms with van der Waals surface area (Å²) in [5.74, 6) is 0. The third kappa shape index (κ3) is 3.51. The van der Waals surface area contributed by atoms with E-state index < -0.39 is 0 Å². The SMILES string of the molecule is CN(c1ccc(CBr)cc1C#N)C1CCCCCC1. The number of rotatable bonds is 3. The Bertz CT molecular complexity index is 456. The zero-order valence-electron chi connectivity index (χ0n) is 11.5. The standard InChI is InChI=1S/C16H21BrN2/c1-19(15-6-4-2-3-5-7-15)16-9-8-13(11-17)10-14(16)12-18/h8-10,15H,2-7,11H2,1H3. The Hall–Kier alpha value is -1.01. The number of hydrogen-bond acceptors (Lipinski definition) is 2. The van der Waals surface area contributed by atoms with Crippen LogP contribution in [0.2, 0.25) is 0 Å². The lowest BCUT2D eigenvalue weighted by Gasteiger charge is -2.30. The number of halogens is 1. The van der Waals surface area contributed by atoms with Crippen molar-refractivity contribution in [2.75, 3.05) is 11.9 Å². The van der Waals surface area contributed by atoms with Gasteiger partial charge in [-0.3, -0.25) is 0 Å². The molecule has 0 aromatic heterocycles. The van der Waals surface area contributed by atoms with E-state index in [4.69, 9.17) is 0 Å². The average Bonchev–Trinajstić information content (AvgIpc) is 2.74. The minimum Gasteiger partial charge on any atom is -0.371 e. The van der Waals surface area contributed by atoms with Crippen molar-refractivity contribution < 1.29 is 0 Å². The first-order chi connectivity index (χ1) is 9.26. The van der Waals surface area contributed by atoms with Crippen molar-refractivity contribution in [1.29, 1.82) is 5.26 Å². The highest BCUT2D eigenvalue weighted by atomic mass is 79.9. The van der Waals surface area contributed by atoms with E-state index >= 15 is 0 Å². The molecule has 0 radical (unpaired) electrons. The van der Waals surface area contributed by atoms with E-state index in [9.17, 15) is 5.26 Å². The predicted octanol–water partition coefficient (Wildman–Crippen LogP) is 4.61. The van der Waals surface area contributed by atoms with Crippen molar-refractivity contribution in [3.05, 3.63) is 29.3 Å². The number of nitrogens with zero attached hydrogens (tertiary/aromatic N) is 2. The van der Waals surface area contributed by atoms with E-state index in [0.717, 1.165) is 22.1 Å². The fraction of sp³-hybridized carbons (Fsp3) is 0.562. The summed E-state index contributed by atoms with van der Waals surface area (Å²) in [5.41, 5.74) is 3.04. The van der Waals surface area contributed by atoms with Crippen molar-refractivity contribution in [3.8, 4) is 6.07 Å². The Morgan fingerprint density at radius 1 is 1.26 bits per heavy atom. The molecule has 2 rings (SSSR count). The molecule has 1 aliphatic rings. The van der Waals surface area contributed by atoms with E-state index in [2.05, 4.69) is 46.1 Å². The van der Waals surface area contributed by atoms with Crippen LogP contribution >= 0.6 is 15.9 Å². The van der Waals surface area contributed by atoms with E-state index in [-0.39, 0.29) is 0 Å². The quantitative estimate of drug-likeness (QED) is 0.600. The lowest BCUT2D eigenvalue weighted by atomic mass is 10.0. The minimum atomic E-state index is 0.587. The molecule has 3 heteroatoms. The van der Waals surface area contributed by atoms with Gasteiger partial charge in [0.15, 0.2) is 0 Å². The van der Waals surface area contributed by atoms with Gasteiger partial charge in [0.05, 0.1) is 11.3 Å². The second-order valence-corrected chi connectivity index (χ2v) is 5.91. The summed E-state index contributed by atoms with van der Waals surface area (Å²) in [7, 11) is 2.14. The minimum absolute atomic E-state index is 0.587. The van der Waals surface area contributed by atoms with Gasteiger partial charge in [-0.15, -0.1) is 0 Å². The lowest BCUT2D eigenvalue weighted by Crippen LogP contribution is -2.31. The highest BCUT2D eigenvalue weighted by Gasteiger charge is 2.19. The van der Waals surface area contributed by atoms with Crippen molar-refractivity contribution in [2.24, 2.45) is 0 Å². The van der Waals surface area contributed by atoms with Crippen LogP contribution in [0, 0.1) is 11.3 Å². The van der Waals surface area contributed by atoms with E-state index in [0.29, 0.717) is 6.04 Å². The van der Waals surface area contributed by atoms with Gasteiger partial charge in [0.1, 0.15) is 6.07 Å². The molecule has 1 saturated carbocycles. The average molecular weight is 321 g/mol. The second-order valence-electron chi connectivity index (χ2n) is 5.35. The summed E-state index contributed by atoms with van der Waals surface area (Å²) in [4.78, 5) is 2.32. The van der Waals surface area contributed by atoms with Crippen molar-refractivity contribution in [1.82, 2.24) is 0 Å². The fourth-order valence-corrected chi connectivity index (χ4v) is 3.25. The van der Waals surface area contributed by atoms with Gasteiger partial charge in [-0.1, -0.05) is 47.7 Å². The molecule has 102 valence electrons. The third-order valence-corrected chi connectivity index (χ3v) is 4.74. The van der Waals surface area contributed by atoms with Gasteiger partial charge in [0.25, 0.3) is 0 Å². The molecule has 0 saturated heterocycles. The van der Waals surface area contributed by atoms with Crippen LogP contribution < -0.4 is 4.90 Å². The van der Waals surface area contributed by atoms with Crippen LogP contribution in [-0.4, -0.2) is 13.1 Å². The molecule has 0 unspecified atom stereocenters. The molecule has 0 amide bonds. The molecule has 1 fully saturated rings. The van der Waals surface area contributed by atoms with Crippen LogP contribution in [-0.2, 0) is 5.33 Å². The molecule has 0 heterocycles. The van der Waals surface area contributed by atoms with Gasteiger partial charge < -0.3 is 4.90 Å². The molecular formula is C16H21BrN2. The van der Waals surface area contributed by atoms with Gasteiger partial charge in [0, 0.05) is 18.4 Å². The molecule has 19 heavy (non-hydrogen) atoms. The number of alkyl halides is 1. The van der Waals surface area contributed by atoms with Crippen LogP contribution in [0.25, 0.3) is 0 Å². The van der Waals surface area contributed by atoms with Crippen molar-refractivity contribution in [3.63, 3.8) is 0 Å². The smallest absolute Gasteiger partial charge is 0.101 e. The predicted molar refractivity (Wildman–Crippen MR) is 83.7 cm³/mol. The molecule has 0 N–H and O–H groups in total. The molecular weight excluding hydrogens is 300 g/mol. The number of hydrogen-bond donors (Lipinski definition) is 0. The van der Waals surface area contributed by atoms with Gasteiger partial charge in [-0.25, -0.2) is 0 Å². The van der Waals surface area contributed by atoms with Crippen LogP contribution in [0.3, 0.4) is 0 Å². The molecule has 0 spiro atoms. The lowest BCUT2D eigenvalue weighted by molar-refractivity contribution is 0.553. The summed E-state index contributed by atoms with van der Waals surface area (Å²) < 4.78 is 0. The summed E-state index contributed by atoms with van der Waals surface area (Å²) in [6, 6.07) is 9.13. The van der Waals surface area contributed by atoms with Crippen LogP contribution in [0.4, 0.5) is 5.69 Å². The maximum absolute atomic E-state index is 9.35. The maximum atomic E-state index is 9.35. The Kier molecular flexibility index (Phi) is 5.27. The zero-order chi connectivity index (χ0) is 13.7. The van der Waals surface area contributed by atoms with E-state index in [1.54, 1.807) is 0 Å². The fourth-order valence-electron chi connectivity index (χ4n) is 2.91. The molecule has 0 bridgehead atoms. The number of benzene rings is 1. The largest absolute Gasteiger partial charge is 0.371 e. The summed E-state index contributed by atoms with van der Waals surface area (Å²) in [5, 5.41) is 10.1. The van der Waals surface area contributed by atoms with Gasteiger partial charge in [-0.05, 0) is 30.5 Å². The summed E-state index contributed by atoms with van der Waals surface area (Å²) in [6.07, 6.45) is 7.85. The van der Waals surface area contributed by atoms with Gasteiger partial charge in [-0.2, -0.15) is 5.26 Å². The molecule has 0 atom stereocenters. The molecule has 0 aliphatic heterocycles. The van der Waals surface area contributed by atoms with Crippen molar-refractivity contribution in [2.45, 2.75) is 49.9 Å². The Morgan fingerprint density at radius 3 is 2.53 bits per heavy atom. The summed E-state index contributed by atoms with van der Waals surface area (Å²) in [6.45, 7) is 0. The third-order valence-electron chi connectivity index (χ3n) is 4.09. The highest BCUT2D eigenvalue weighted by molar-refractivity contribution is 9.08. The van der Waals surface area contributed by atoms with E-state index in [1.165, 1.54) is 38.5 Å². The molecule has 1 aromatic rings. The first kappa shape index (κ1) is 14.4.